The quantitative estimate of drug-likeness (QED) is 0.492. The van der Waals surface area contributed by atoms with E-state index in [4.69, 9.17) is 0 Å². The van der Waals surface area contributed by atoms with Crippen molar-refractivity contribution >= 4 is 18.9 Å². The minimum Gasteiger partial charge on any atom is -0.426 e. The number of nitrogens with one attached hydrogen (secondary N) is 2. The molecule has 1 heterocycles. The van der Waals surface area contributed by atoms with Crippen molar-refractivity contribution in [3.63, 3.8) is 0 Å². The minimum absolute atomic E-state index is 0.132. The Balaban J connectivity index is 1.99. The van der Waals surface area contributed by atoms with E-state index in [2.05, 4.69) is 20.6 Å². The van der Waals surface area contributed by atoms with Gasteiger partial charge in [0.05, 0.1) is 12.1 Å². The first-order chi connectivity index (χ1) is 10.8. The Hall–Kier alpha value is -2.00. The van der Waals surface area contributed by atoms with Gasteiger partial charge >= 0.3 is 7.12 Å². The smallest absolute Gasteiger partial charge is 0.426 e. The van der Waals surface area contributed by atoms with Gasteiger partial charge in [-0.2, -0.15) is 0 Å². The topological polar surface area (TPSA) is 124 Å². The van der Waals surface area contributed by atoms with E-state index in [0.29, 0.717) is 19.3 Å². The molecular weight excluding hydrogens is 299 g/mol. The van der Waals surface area contributed by atoms with Crippen molar-refractivity contribution in [3.8, 4) is 0 Å². The normalized spacial score (nSPS) is 16.6. The van der Waals surface area contributed by atoms with Crippen LogP contribution in [0.3, 0.4) is 0 Å². The summed E-state index contributed by atoms with van der Waals surface area (Å²) in [5.41, 5.74) is -0.869. The maximum Gasteiger partial charge on any atom is 0.475 e. The predicted octanol–water partition coefficient (Wildman–Crippen LogP) is -0.718. The zero-order valence-electron chi connectivity index (χ0n) is 13.2. The first kappa shape index (κ1) is 17.4. The molecule has 0 aliphatic heterocycles. The zero-order chi connectivity index (χ0) is 17.0. The van der Waals surface area contributed by atoms with E-state index in [0.717, 1.165) is 0 Å². The van der Waals surface area contributed by atoms with Gasteiger partial charge in [-0.05, 0) is 25.2 Å². The molecule has 1 aliphatic carbocycles. The third kappa shape index (κ3) is 4.49. The Kier molecular flexibility index (Phi) is 5.32. The third-order valence-electron chi connectivity index (χ3n) is 3.73. The summed E-state index contributed by atoms with van der Waals surface area (Å²) < 4.78 is 0. The maximum absolute atomic E-state index is 12.4. The molecule has 1 saturated carbocycles. The first-order valence-electron chi connectivity index (χ1n) is 7.60. The van der Waals surface area contributed by atoms with Crippen LogP contribution >= 0.6 is 0 Å². The molecule has 8 nitrogen and oxygen atoms in total. The standard InChI is InChI=1S/C14H21BN4O4/c1-9(2)7-11(15(22)23)18-13(21)14(3-4-14)19-12(20)10-8-16-5-6-17-10/h5-6,8-9,11,22-23H,3-4,7H2,1-2H3,(H,18,21)(H,19,20)/t11-/m0/s1. The largest absolute Gasteiger partial charge is 0.475 e. The average molecular weight is 320 g/mol. The fourth-order valence-electron chi connectivity index (χ4n) is 2.30. The fourth-order valence-corrected chi connectivity index (χ4v) is 2.30. The summed E-state index contributed by atoms with van der Waals surface area (Å²) >= 11 is 0. The van der Waals surface area contributed by atoms with E-state index in [1.807, 2.05) is 13.8 Å². The van der Waals surface area contributed by atoms with E-state index in [-0.39, 0.29) is 11.6 Å². The second-order valence-corrected chi connectivity index (χ2v) is 6.25. The zero-order valence-corrected chi connectivity index (χ0v) is 13.2. The third-order valence-corrected chi connectivity index (χ3v) is 3.73. The Labute approximate surface area is 134 Å². The van der Waals surface area contributed by atoms with Gasteiger partial charge in [0, 0.05) is 12.4 Å². The maximum atomic E-state index is 12.4. The highest BCUT2D eigenvalue weighted by Crippen LogP contribution is 2.36. The first-order valence-corrected chi connectivity index (χ1v) is 7.60. The van der Waals surface area contributed by atoms with Gasteiger partial charge in [-0.15, -0.1) is 0 Å². The molecule has 1 aromatic heterocycles. The van der Waals surface area contributed by atoms with Crippen LogP contribution in [-0.2, 0) is 4.79 Å². The van der Waals surface area contributed by atoms with Crippen LogP contribution in [0, 0.1) is 5.92 Å². The fraction of sp³-hybridized carbons (Fsp3) is 0.571. The van der Waals surface area contributed by atoms with Crippen molar-refractivity contribution in [2.45, 2.75) is 44.6 Å². The molecule has 9 heteroatoms. The molecular formula is C14H21BN4O4. The Morgan fingerprint density at radius 3 is 2.52 bits per heavy atom. The van der Waals surface area contributed by atoms with E-state index in [1.54, 1.807) is 0 Å². The van der Waals surface area contributed by atoms with Crippen LogP contribution in [0.5, 0.6) is 0 Å². The van der Waals surface area contributed by atoms with Crippen molar-refractivity contribution in [1.29, 1.82) is 0 Å². The molecule has 124 valence electrons. The molecule has 0 radical (unpaired) electrons. The highest BCUT2D eigenvalue weighted by molar-refractivity contribution is 6.43. The van der Waals surface area contributed by atoms with Gasteiger partial charge in [0.15, 0.2) is 0 Å². The number of carbonyl (C=O) groups is 2. The summed E-state index contributed by atoms with van der Waals surface area (Å²) in [7, 11) is -1.65. The molecule has 0 unspecified atom stereocenters. The molecule has 1 aliphatic rings. The van der Waals surface area contributed by atoms with Gasteiger partial charge in [0.2, 0.25) is 5.91 Å². The Morgan fingerprint density at radius 2 is 2.04 bits per heavy atom. The minimum atomic E-state index is -1.65. The van der Waals surface area contributed by atoms with Crippen molar-refractivity contribution in [3.05, 3.63) is 24.3 Å². The molecule has 1 atom stereocenters. The van der Waals surface area contributed by atoms with Gasteiger partial charge in [-0.25, -0.2) is 4.98 Å². The molecule has 0 aromatic carbocycles. The molecule has 23 heavy (non-hydrogen) atoms. The summed E-state index contributed by atoms with van der Waals surface area (Å²) in [6.45, 7) is 3.84. The molecule has 1 fully saturated rings. The summed E-state index contributed by atoms with van der Waals surface area (Å²) in [5.74, 6) is -1.47. The van der Waals surface area contributed by atoms with E-state index >= 15 is 0 Å². The number of hydrogen-bond acceptors (Lipinski definition) is 6. The van der Waals surface area contributed by atoms with Crippen LogP contribution in [0.4, 0.5) is 0 Å². The second-order valence-electron chi connectivity index (χ2n) is 6.25. The van der Waals surface area contributed by atoms with Crippen molar-refractivity contribution in [2.75, 3.05) is 0 Å². The summed E-state index contributed by atoms with van der Waals surface area (Å²) in [4.78, 5) is 32.2. The molecule has 0 spiro atoms. The number of nitrogens with zero attached hydrogens (tertiary/aromatic N) is 2. The van der Waals surface area contributed by atoms with Crippen LogP contribution in [0.2, 0.25) is 0 Å². The van der Waals surface area contributed by atoms with Gasteiger partial charge in [-0.3, -0.25) is 14.6 Å². The number of amides is 2. The van der Waals surface area contributed by atoms with E-state index in [1.165, 1.54) is 18.6 Å². The van der Waals surface area contributed by atoms with Crippen molar-refractivity contribution in [2.24, 2.45) is 5.92 Å². The predicted molar refractivity (Wildman–Crippen MR) is 83.0 cm³/mol. The van der Waals surface area contributed by atoms with Crippen LogP contribution in [0.25, 0.3) is 0 Å². The average Bonchev–Trinajstić information content (AvgIpc) is 3.27. The van der Waals surface area contributed by atoms with Gasteiger partial charge in [0.1, 0.15) is 11.2 Å². The number of carbonyl (C=O) groups excluding carboxylic acids is 2. The molecule has 1 aromatic rings. The monoisotopic (exact) mass is 320 g/mol. The van der Waals surface area contributed by atoms with Crippen molar-refractivity contribution in [1.82, 2.24) is 20.6 Å². The lowest BCUT2D eigenvalue weighted by Gasteiger charge is -2.23. The van der Waals surface area contributed by atoms with Gasteiger partial charge in [0.25, 0.3) is 5.91 Å². The second kappa shape index (κ2) is 7.05. The van der Waals surface area contributed by atoms with E-state index < -0.39 is 30.4 Å². The van der Waals surface area contributed by atoms with Crippen LogP contribution in [0.15, 0.2) is 18.6 Å². The highest BCUT2D eigenvalue weighted by Gasteiger charge is 2.52. The lowest BCUT2D eigenvalue weighted by Crippen LogP contribution is -2.55. The molecule has 0 bridgehead atoms. The lowest BCUT2D eigenvalue weighted by molar-refractivity contribution is -0.124. The number of aromatic nitrogens is 2. The van der Waals surface area contributed by atoms with Crippen LogP contribution in [-0.4, -0.2) is 50.4 Å². The highest BCUT2D eigenvalue weighted by atomic mass is 16.4. The van der Waals surface area contributed by atoms with Crippen molar-refractivity contribution < 1.29 is 19.6 Å². The Bertz CT molecular complexity index is 563. The van der Waals surface area contributed by atoms with Gasteiger partial charge in [-0.1, -0.05) is 13.8 Å². The summed E-state index contributed by atoms with van der Waals surface area (Å²) in [6.07, 6.45) is 5.60. The SMILES string of the molecule is CC(C)C[C@H](NC(=O)C1(NC(=O)c2cnccn2)CC1)B(O)O. The van der Waals surface area contributed by atoms with E-state index in [9.17, 15) is 19.6 Å². The molecule has 0 saturated heterocycles. The molecule has 2 rings (SSSR count). The lowest BCUT2D eigenvalue weighted by atomic mass is 9.75. The number of hydrogen-bond donors (Lipinski definition) is 4. The summed E-state index contributed by atoms with van der Waals surface area (Å²) in [6, 6.07) is 0. The van der Waals surface area contributed by atoms with Crippen LogP contribution in [0.1, 0.15) is 43.6 Å². The summed E-state index contributed by atoms with van der Waals surface area (Å²) in [5, 5.41) is 24.1. The molecule has 2 amide bonds. The molecule has 4 N–H and O–H groups in total. The number of rotatable bonds is 7. The Morgan fingerprint density at radius 1 is 1.35 bits per heavy atom. The van der Waals surface area contributed by atoms with Gasteiger partial charge < -0.3 is 20.7 Å². The van der Waals surface area contributed by atoms with Crippen LogP contribution < -0.4 is 10.6 Å².